The van der Waals surface area contributed by atoms with E-state index in [1.165, 1.54) is 0 Å². The Morgan fingerprint density at radius 2 is 0.800 bits per heavy atom. The van der Waals surface area contributed by atoms with Crippen molar-refractivity contribution in [1.82, 2.24) is 0 Å². The van der Waals surface area contributed by atoms with Crippen molar-refractivity contribution in [1.29, 1.82) is 0 Å². The molecule has 0 aliphatic carbocycles. The molecular formula is H7BNaO3. The molecule has 0 aromatic rings. The van der Waals surface area contributed by atoms with Crippen molar-refractivity contribution in [2.24, 2.45) is 0 Å². The summed E-state index contributed by atoms with van der Waals surface area (Å²) in [7, 11) is 0. The molecule has 5 heavy (non-hydrogen) atoms. The third-order valence-electron chi connectivity index (χ3n) is 0. The van der Waals surface area contributed by atoms with Crippen molar-refractivity contribution >= 4 is 8.41 Å². The van der Waals surface area contributed by atoms with Crippen LogP contribution in [0, 0.1) is 0 Å². The first-order valence-corrected chi connectivity index (χ1v) is 0. The first kappa shape index (κ1) is 163. The van der Waals surface area contributed by atoms with Crippen LogP contribution >= 0.6 is 0 Å². The molecule has 5 heteroatoms. The van der Waals surface area contributed by atoms with Crippen LogP contribution in [0.2, 0.25) is 0 Å². The summed E-state index contributed by atoms with van der Waals surface area (Å²) >= 11 is 0. The van der Waals surface area contributed by atoms with Gasteiger partial charge in [0.15, 0.2) is 0 Å². The minimum absolute atomic E-state index is 0. The summed E-state index contributed by atoms with van der Waals surface area (Å²) in [6, 6.07) is 0. The fourth-order valence-corrected chi connectivity index (χ4v) is 0. The van der Waals surface area contributed by atoms with Gasteiger partial charge in [-0.25, -0.2) is 0 Å². The predicted octanol–water partition coefficient (Wildman–Crippen LogP) is -5.74. The molecule has 0 rings (SSSR count). The normalized spacial score (nSPS) is 0. The van der Waals surface area contributed by atoms with Crippen LogP contribution < -0.4 is 29.6 Å². The van der Waals surface area contributed by atoms with Crippen LogP contribution in [0.25, 0.3) is 0 Å². The Labute approximate surface area is 56.0 Å². The van der Waals surface area contributed by atoms with E-state index >= 15 is 0 Å². The van der Waals surface area contributed by atoms with Crippen molar-refractivity contribution in [3.8, 4) is 0 Å². The van der Waals surface area contributed by atoms with Gasteiger partial charge < -0.3 is 17.9 Å². The van der Waals surface area contributed by atoms with Gasteiger partial charge in [-0.3, -0.25) is 0 Å². The summed E-state index contributed by atoms with van der Waals surface area (Å²) in [5, 5.41) is 0. The zero-order chi connectivity index (χ0) is 0. The Morgan fingerprint density at radius 3 is 0.800 bits per heavy atom. The summed E-state index contributed by atoms with van der Waals surface area (Å²) in [6.45, 7) is 0. The fraction of sp³-hybridized carbons (Fsp3) is 0. The Bertz CT molecular complexity index is 10.8. The molecule has 0 unspecified atom stereocenters. The minimum atomic E-state index is 0. The van der Waals surface area contributed by atoms with E-state index in [-0.39, 0.29) is 55.8 Å². The van der Waals surface area contributed by atoms with Crippen molar-refractivity contribution in [3.63, 3.8) is 0 Å². The average Bonchev–Trinajstić information content (AvgIpc) is 0. The van der Waals surface area contributed by atoms with Crippen LogP contribution in [0.15, 0.2) is 0 Å². The number of rotatable bonds is 0. The largest absolute Gasteiger partial charge is 1.00 e. The summed E-state index contributed by atoms with van der Waals surface area (Å²) in [5.74, 6) is 0. The van der Waals surface area contributed by atoms with E-state index in [4.69, 9.17) is 0 Å². The van der Waals surface area contributed by atoms with Crippen LogP contribution in [0.3, 0.4) is 0 Å². The smallest absolute Gasteiger partial charge is 1.00 e. The molecule has 0 saturated heterocycles. The van der Waals surface area contributed by atoms with Crippen LogP contribution in [0.4, 0.5) is 0 Å². The van der Waals surface area contributed by atoms with E-state index < -0.39 is 0 Å². The molecular weight excluding hydrogens is 81.8 g/mol. The van der Waals surface area contributed by atoms with Crippen LogP contribution in [-0.4, -0.2) is 24.8 Å². The van der Waals surface area contributed by atoms with Crippen molar-refractivity contribution in [3.05, 3.63) is 0 Å². The van der Waals surface area contributed by atoms with Gasteiger partial charge in [0.2, 0.25) is 0 Å². The molecule has 29 valence electrons. The van der Waals surface area contributed by atoms with Crippen molar-refractivity contribution < 1.29 is 47.4 Å². The van der Waals surface area contributed by atoms with Gasteiger partial charge >= 0.3 is 29.6 Å². The Balaban J connectivity index is 0. The Kier molecular flexibility index (Phi) is 2810. The molecule has 0 saturated carbocycles. The van der Waals surface area contributed by atoms with E-state index in [0.29, 0.717) is 0 Å². The molecule has 0 atom stereocenters. The van der Waals surface area contributed by atoms with Crippen LogP contribution in [0.1, 0.15) is 1.43 Å². The number of hydrogen-bond acceptors (Lipinski definition) is 0. The average molecular weight is 88.9 g/mol. The maximum absolute atomic E-state index is 0. The molecule has 0 heterocycles. The maximum Gasteiger partial charge on any atom is 1.00 e. The molecule has 6 N–H and O–H groups in total. The van der Waals surface area contributed by atoms with E-state index in [9.17, 15) is 0 Å². The molecule has 0 fully saturated rings. The van der Waals surface area contributed by atoms with Gasteiger partial charge in [0, 0.05) is 8.41 Å². The second kappa shape index (κ2) is 86.2. The Morgan fingerprint density at radius 1 is 0.800 bits per heavy atom. The third kappa shape index (κ3) is 48.0. The minimum Gasteiger partial charge on any atom is -1.00 e. The van der Waals surface area contributed by atoms with E-state index in [1.807, 2.05) is 0 Å². The molecule has 0 spiro atoms. The topological polar surface area (TPSA) is 94.5 Å². The molecule has 3 radical (unpaired) electrons. The zero-order valence-electron chi connectivity index (χ0n) is 4.08. The van der Waals surface area contributed by atoms with Crippen LogP contribution in [0.5, 0.6) is 0 Å². The molecule has 0 aliphatic heterocycles. The molecule has 0 aliphatic rings. The quantitative estimate of drug-likeness (QED) is 0.264. The van der Waals surface area contributed by atoms with Gasteiger partial charge in [-0.15, -0.1) is 0 Å². The van der Waals surface area contributed by atoms with E-state index in [2.05, 4.69) is 0 Å². The fourth-order valence-electron chi connectivity index (χ4n) is 0. The second-order valence-electron chi connectivity index (χ2n) is 0. The second-order valence-corrected chi connectivity index (χ2v) is 0. The van der Waals surface area contributed by atoms with Gasteiger partial charge in [0.25, 0.3) is 0 Å². The molecule has 0 bridgehead atoms. The monoisotopic (exact) mass is 89.0 g/mol. The molecule has 3 nitrogen and oxygen atoms in total. The van der Waals surface area contributed by atoms with Gasteiger partial charge in [0.05, 0.1) is 0 Å². The summed E-state index contributed by atoms with van der Waals surface area (Å²) < 4.78 is 0. The standard InChI is InChI=1S/B.Na.3H2O.H/h;;3*1H2;/q;+1;;;;-1. The first-order chi connectivity index (χ1) is 0. The van der Waals surface area contributed by atoms with Crippen molar-refractivity contribution in [2.45, 2.75) is 0 Å². The molecule has 0 amide bonds. The van der Waals surface area contributed by atoms with Crippen LogP contribution in [-0.2, 0) is 0 Å². The maximum atomic E-state index is 0. The van der Waals surface area contributed by atoms with E-state index in [0.717, 1.165) is 0 Å². The van der Waals surface area contributed by atoms with Gasteiger partial charge in [-0.2, -0.15) is 0 Å². The van der Waals surface area contributed by atoms with Gasteiger partial charge in [-0.1, -0.05) is 0 Å². The summed E-state index contributed by atoms with van der Waals surface area (Å²) in [5.41, 5.74) is 0. The van der Waals surface area contributed by atoms with E-state index in [1.54, 1.807) is 0 Å². The molecule has 0 aromatic carbocycles. The summed E-state index contributed by atoms with van der Waals surface area (Å²) in [6.07, 6.45) is 0. The van der Waals surface area contributed by atoms with Crippen molar-refractivity contribution in [2.75, 3.05) is 0 Å². The SMILES string of the molecule is O.O.O.[B].[H-].[Na+]. The summed E-state index contributed by atoms with van der Waals surface area (Å²) in [4.78, 5) is 0. The first-order valence-electron chi connectivity index (χ1n) is 0. The number of hydrogen-bond donors (Lipinski definition) is 0. The molecule has 0 aromatic heterocycles. The predicted molar refractivity (Wildman–Crippen MR) is 17.7 cm³/mol. The van der Waals surface area contributed by atoms with Gasteiger partial charge in [0.1, 0.15) is 0 Å². The van der Waals surface area contributed by atoms with Gasteiger partial charge in [-0.05, 0) is 0 Å². The Hall–Kier alpha value is 0.945. The third-order valence-corrected chi connectivity index (χ3v) is 0. The zero-order valence-corrected chi connectivity index (χ0v) is 5.08.